The first-order valence-corrected chi connectivity index (χ1v) is 12.4. The van der Waals surface area contributed by atoms with Crippen LogP contribution in [-0.2, 0) is 14.3 Å². The third-order valence-electron chi connectivity index (χ3n) is 7.40. The highest BCUT2D eigenvalue weighted by molar-refractivity contribution is 5.79. The molecule has 0 radical (unpaired) electrons. The van der Waals surface area contributed by atoms with Crippen LogP contribution in [-0.4, -0.2) is 42.3 Å². The molecule has 2 aliphatic rings. The molecule has 0 heterocycles. The second-order valence-electron chi connectivity index (χ2n) is 10.3. The molecule has 2 amide bonds. The highest BCUT2D eigenvalue weighted by atomic mass is 16.5. The Bertz CT molecular complexity index is 1050. The summed E-state index contributed by atoms with van der Waals surface area (Å²) in [7, 11) is 0. The zero-order valence-electron chi connectivity index (χ0n) is 20.4. The van der Waals surface area contributed by atoms with Gasteiger partial charge in [0, 0.05) is 24.9 Å². The first-order chi connectivity index (χ1) is 16.8. The van der Waals surface area contributed by atoms with Gasteiger partial charge >= 0.3 is 12.1 Å². The van der Waals surface area contributed by atoms with Crippen molar-refractivity contribution in [3.8, 4) is 11.1 Å². The van der Waals surface area contributed by atoms with E-state index in [4.69, 9.17) is 4.74 Å². The molecule has 0 spiro atoms. The highest BCUT2D eigenvalue weighted by Crippen LogP contribution is 2.44. The van der Waals surface area contributed by atoms with Crippen LogP contribution in [0.25, 0.3) is 11.1 Å². The smallest absolute Gasteiger partial charge is 0.407 e. The standard InChI is InChI=1S/C28H34N2O5/c1-28(2,26(32)33)14-15-29-25(31)16-18-8-7-13-24(18)30-27(34)35-17-23-21-11-5-3-9-19(21)20-10-4-6-12-22(20)23/h3-6,9-12,18,23-24H,7-8,13-17H2,1-2H3,(H,29,31)(H,30,34)(H,32,33)/t18-,24+/m0/s1. The first kappa shape index (κ1) is 24.8. The molecule has 4 rings (SSSR count). The second-order valence-corrected chi connectivity index (χ2v) is 10.3. The quantitative estimate of drug-likeness (QED) is 0.485. The third kappa shape index (κ3) is 5.66. The summed E-state index contributed by atoms with van der Waals surface area (Å²) in [5, 5.41) is 15.0. The SMILES string of the molecule is CC(C)(CCNC(=O)C[C@@H]1CCC[C@H]1NC(=O)OCC1c2ccccc2-c2ccccc21)C(=O)O. The molecule has 2 aromatic rings. The number of benzene rings is 2. The maximum Gasteiger partial charge on any atom is 0.407 e. The summed E-state index contributed by atoms with van der Waals surface area (Å²) in [4.78, 5) is 36.3. The average molecular weight is 479 g/mol. The van der Waals surface area contributed by atoms with Gasteiger partial charge in [0.1, 0.15) is 6.61 Å². The summed E-state index contributed by atoms with van der Waals surface area (Å²) in [6.07, 6.45) is 2.84. The van der Waals surface area contributed by atoms with E-state index in [9.17, 15) is 19.5 Å². The normalized spacial score (nSPS) is 19.0. The minimum absolute atomic E-state index is 0.00774. The van der Waals surface area contributed by atoms with Crippen LogP contribution in [0.5, 0.6) is 0 Å². The van der Waals surface area contributed by atoms with Crippen LogP contribution >= 0.6 is 0 Å². The lowest BCUT2D eigenvalue weighted by atomic mass is 9.89. The van der Waals surface area contributed by atoms with Crippen LogP contribution in [0.2, 0.25) is 0 Å². The van der Waals surface area contributed by atoms with Crippen LogP contribution < -0.4 is 10.6 Å². The number of aliphatic carboxylic acids is 1. The van der Waals surface area contributed by atoms with Gasteiger partial charge < -0.3 is 20.5 Å². The van der Waals surface area contributed by atoms with Crippen molar-refractivity contribution < 1.29 is 24.2 Å². The minimum atomic E-state index is -0.880. The molecule has 0 bridgehead atoms. The van der Waals surface area contributed by atoms with Gasteiger partial charge in [0.15, 0.2) is 0 Å². The fourth-order valence-electron chi connectivity index (χ4n) is 5.19. The van der Waals surface area contributed by atoms with Crippen LogP contribution in [0.1, 0.15) is 63.0 Å². The summed E-state index contributed by atoms with van der Waals surface area (Å²) < 4.78 is 5.67. The van der Waals surface area contributed by atoms with E-state index >= 15 is 0 Å². The number of ether oxygens (including phenoxy) is 1. The molecule has 0 aliphatic heterocycles. The molecule has 2 atom stereocenters. The van der Waals surface area contributed by atoms with Gasteiger partial charge in [-0.15, -0.1) is 0 Å². The second kappa shape index (κ2) is 10.5. The minimum Gasteiger partial charge on any atom is -0.481 e. The van der Waals surface area contributed by atoms with Crippen molar-refractivity contribution in [1.82, 2.24) is 10.6 Å². The number of carboxylic acid groups (broad SMARTS) is 1. The van der Waals surface area contributed by atoms with E-state index in [-0.39, 0.29) is 30.4 Å². The van der Waals surface area contributed by atoms with E-state index in [2.05, 4.69) is 34.9 Å². The number of nitrogens with one attached hydrogen (secondary N) is 2. The number of carbonyl (C=O) groups is 3. The molecule has 1 fully saturated rings. The molecule has 2 aromatic carbocycles. The Hall–Kier alpha value is -3.35. The molecule has 0 unspecified atom stereocenters. The molecule has 7 heteroatoms. The lowest BCUT2D eigenvalue weighted by Gasteiger charge is -2.22. The number of hydrogen-bond donors (Lipinski definition) is 3. The molecular formula is C28H34N2O5. The zero-order chi connectivity index (χ0) is 25.0. The van der Waals surface area contributed by atoms with Crippen LogP contribution in [0.15, 0.2) is 48.5 Å². The summed E-state index contributed by atoms with van der Waals surface area (Å²) in [6, 6.07) is 16.3. The molecular weight excluding hydrogens is 444 g/mol. The topological polar surface area (TPSA) is 105 Å². The van der Waals surface area contributed by atoms with Gasteiger partial charge in [0.2, 0.25) is 5.91 Å². The van der Waals surface area contributed by atoms with E-state index in [0.717, 1.165) is 19.3 Å². The molecule has 3 N–H and O–H groups in total. The molecule has 186 valence electrons. The van der Waals surface area contributed by atoms with Crippen molar-refractivity contribution >= 4 is 18.0 Å². The molecule has 0 aromatic heterocycles. The number of rotatable bonds is 9. The van der Waals surface area contributed by atoms with Crippen LogP contribution in [0, 0.1) is 11.3 Å². The van der Waals surface area contributed by atoms with Gasteiger partial charge in [-0.1, -0.05) is 55.0 Å². The van der Waals surface area contributed by atoms with Crippen molar-refractivity contribution in [2.75, 3.05) is 13.2 Å². The summed E-state index contributed by atoms with van der Waals surface area (Å²) >= 11 is 0. The van der Waals surface area contributed by atoms with E-state index in [0.29, 0.717) is 19.4 Å². The van der Waals surface area contributed by atoms with Gasteiger partial charge in [-0.05, 0) is 61.3 Å². The summed E-state index contributed by atoms with van der Waals surface area (Å²) in [5.74, 6) is -0.941. The predicted octanol–water partition coefficient (Wildman–Crippen LogP) is 4.70. The van der Waals surface area contributed by atoms with Gasteiger partial charge in [-0.25, -0.2) is 4.79 Å². The van der Waals surface area contributed by atoms with Crippen molar-refractivity contribution in [1.29, 1.82) is 0 Å². The van der Waals surface area contributed by atoms with Gasteiger partial charge in [-0.3, -0.25) is 9.59 Å². The summed E-state index contributed by atoms with van der Waals surface area (Å²) in [6.45, 7) is 3.87. The predicted molar refractivity (Wildman–Crippen MR) is 133 cm³/mol. The Kier molecular flexibility index (Phi) is 7.43. The number of alkyl carbamates (subject to hydrolysis) is 1. The molecule has 35 heavy (non-hydrogen) atoms. The fourth-order valence-corrected chi connectivity index (χ4v) is 5.19. The molecule has 7 nitrogen and oxygen atoms in total. The maximum absolute atomic E-state index is 12.7. The number of carboxylic acids is 1. The molecule has 1 saturated carbocycles. The molecule has 2 aliphatic carbocycles. The Labute approximate surface area is 206 Å². The number of carbonyl (C=O) groups excluding carboxylic acids is 2. The Morgan fingerprint density at radius 2 is 1.63 bits per heavy atom. The zero-order valence-corrected chi connectivity index (χ0v) is 20.4. The Morgan fingerprint density at radius 3 is 2.26 bits per heavy atom. The third-order valence-corrected chi connectivity index (χ3v) is 7.40. The van der Waals surface area contributed by atoms with Crippen molar-refractivity contribution in [3.05, 3.63) is 59.7 Å². The van der Waals surface area contributed by atoms with E-state index in [1.165, 1.54) is 22.3 Å². The Morgan fingerprint density at radius 1 is 1.00 bits per heavy atom. The van der Waals surface area contributed by atoms with E-state index in [1.807, 2.05) is 24.3 Å². The van der Waals surface area contributed by atoms with Crippen molar-refractivity contribution in [3.63, 3.8) is 0 Å². The Balaban J connectivity index is 1.27. The van der Waals surface area contributed by atoms with Crippen LogP contribution in [0.3, 0.4) is 0 Å². The number of hydrogen-bond acceptors (Lipinski definition) is 4. The largest absolute Gasteiger partial charge is 0.481 e. The van der Waals surface area contributed by atoms with Gasteiger partial charge in [0.05, 0.1) is 5.41 Å². The fraction of sp³-hybridized carbons (Fsp3) is 0.464. The van der Waals surface area contributed by atoms with Crippen LogP contribution in [0.4, 0.5) is 4.79 Å². The van der Waals surface area contributed by atoms with Gasteiger partial charge in [0.25, 0.3) is 0 Å². The van der Waals surface area contributed by atoms with Crippen molar-refractivity contribution in [2.45, 2.75) is 57.9 Å². The van der Waals surface area contributed by atoms with Crippen molar-refractivity contribution in [2.24, 2.45) is 11.3 Å². The maximum atomic E-state index is 12.7. The monoisotopic (exact) mass is 478 g/mol. The van der Waals surface area contributed by atoms with E-state index < -0.39 is 17.5 Å². The molecule has 0 saturated heterocycles. The highest BCUT2D eigenvalue weighted by Gasteiger charge is 2.33. The summed E-state index contributed by atoms with van der Waals surface area (Å²) in [5.41, 5.74) is 3.83. The van der Waals surface area contributed by atoms with Gasteiger partial charge in [-0.2, -0.15) is 0 Å². The van der Waals surface area contributed by atoms with E-state index in [1.54, 1.807) is 13.8 Å². The lowest BCUT2D eigenvalue weighted by Crippen LogP contribution is -2.40. The average Bonchev–Trinajstić information content (AvgIpc) is 3.39. The lowest BCUT2D eigenvalue weighted by molar-refractivity contribution is -0.147. The number of amides is 2. The first-order valence-electron chi connectivity index (χ1n) is 12.4. The number of fused-ring (bicyclic) bond motifs is 3.